The van der Waals surface area contributed by atoms with E-state index in [1.807, 2.05) is 12.2 Å². The molecule has 0 radical (unpaired) electrons. The maximum Gasteiger partial charge on any atom is 0.306 e. The Labute approximate surface area is 424 Å². The summed E-state index contributed by atoms with van der Waals surface area (Å²) in [5, 5.41) is 0. The minimum atomic E-state index is -0.833. The molecule has 0 aromatic carbocycles. The van der Waals surface area contributed by atoms with E-state index in [2.05, 4.69) is 142 Å². The lowest BCUT2D eigenvalue weighted by molar-refractivity contribution is -0.166. The molecule has 0 unspecified atom stereocenters. The van der Waals surface area contributed by atoms with E-state index in [-0.39, 0.29) is 44.0 Å². The van der Waals surface area contributed by atoms with Gasteiger partial charge in [-0.1, -0.05) is 212 Å². The van der Waals surface area contributed by atoms with Gasteiger partial charge >= 0.3 is 17.9 Å². The predicted octanol–water partition coefficient (Wildman–Crippen LogP) is 18.6. The van der Waals surface area contributed by atoms with E-state index in [9.17, 15) is 14.4 Å². The SMILES string of the molecule is CC/C=C\C/C=C\C/C=C\CCCCCCCC(=O)OC[C@H](COC(=O)CC/C=C\C/C=C\C/C=C\C/C=C\C/C=C\CCCCC)OC(=O)CCCCCC/C=C\C/C=C\C/C=C\CCCCC. The summed E-state index contributed by atoms with van der Waals surface area (Å²) in [5.74, 6) is -1.05. The van der Waals surface area contributed by atoms with Gasteiger partial charge in [-0.05, 0) is 128 Å². The molecule has 0 amide bonds. The molecule has 6 heteroatoms. The van der Waals surface area contributed by atoms with Gasteiger partial charge in [0.1, 0.15) is 13.2 Å². The average molecular weight is 953 g/mol. The molecule has 0 bridgehead atoms. The number of hydrogen-bond acceptors (Lipinski definition) is 6. The van der Waals surface area contributed by atoms with Crippen molar-refractivity contribution in [3.8, 4) is 0 Å². The summed E-state index contributed by atoms with van der Waals surface area (Å²) in [6.07, 6.45) is 78.7. The predicted molar refractivity (Wildman–Crippen MR) is 297 cm³/mol. The van der Waals surface area contributed by atoms with Crippen molar-refractivity contribution < 1.29 is 28.6 Å². The van der Waals surface area contributed by atoms with Crippen molar-refractivity contribution in [3.05, 3.63) is 134 Å². The standard InChI is InChI=1S/C63H100O6/c1-4-7-10-13-16-19-22-25-28-30-31-33-35-38-41-44-47-50-53-56-62(65)68-59-60(58-67-61(64)55-52-49-46-43-40-37-34-27-24-21-18-15-12-9-6-3)69-63(66)57-54-51-48-45-42-39-36-32-29-26-23-20-17-14-11-8-5-2/h9,12,16-21,25-29,31,33-34,36,38-39,41,47,50,60H,4-8,10-11,13-15,22-24,30,32,35,37,40,42-46,48-49,51-59H2,1-3H3/b12-9-,19-16-,20-17-,21-18-,28-25-,29-26-,33-31-,34-27-,39-36-,41-38-,50-47-/t60-/m1/s1. The molecule has 0 fully saturated rings. The fraction of sp³-hybridized carbons (Fsp3) is 0.603. The topological polar surface area (TPSA) is 78.9 Å². The Balaban J connectivity index is 4.59. The molecule has 0 rings (SSSR count). The molecule has 0 heterocycles. The van der Waals surface area contributed by atoms with Gasteiger partial charge in [-0.2, -0.15) is 0 Å². The molecule has 69 heavy (non-hydrogen) atoms. The Morgan fingerprint density at radius 2 is 0.594 bits per heavy atom. The van der Waals surface area contributed by atoms with E-state index >= 15 is 0 Å². The first-order chi connectivity index (χ1) is 34.0. The van der Waals surface area contributed by atoms with Gasteiger partial charge in [0.05, 0.1) is 0 Å². The van der Waals surface area contributed by atoms with Crippen molar-refractivity contribution in [2.24, 2.45) is 0 Å². The lowest BCUT2D eigenvalue weighted by Crippen LogP contribution is -2.30. The summed E-state index contributed by atoms with van der Waals surface area (Å²) in [5.41, 5.74) is 0. The highest BCUT2D eigenvalue weighted by Gasteiger charge is 2.19. The lowest BCUT2D eigenvalue weighted by Gasteiger charge is -2.18. The van der Waals surface area contributed by atoms with Gasteiger partial charge in [0, 0.05) is 19.3 Å². The minimum Gasteiger partial charge on any atom is -0.462 e. The molecular formula is C63H100O6. The van der Waals surface area contributed by atoms with Crippen molar-refractivity contribution in [3.63, 3.8) is 0 Å². The van der Waals surface area contributed by atoms with Gasteiger partial charge in [0.2, 0.25) is 0 Å². The summed E-state index contributed by atoms with van der Waals surface area (Å²) in [4.78, 5) is 38.1. The van der Waals surface area contributed by atoms with Crippen LogP contribution in [-0.2, 0) is 28.6 Å². The second-order valence-electron chi connectivity index (χ2n) is 17.7. The van der Waals surface area contributed by atoms with Crippen molar-refractivity contribution in [2.45, 2.75) is 232 Å². The number of rotatable bonds is 48. The first-order valence-corrected chi connectivity index (χ1v) is 27.7. The number of esters is 3. The zero-order valence-electron chi connectivity index (χ0n) is 44.3. The van der Waals surface area contributed by atoms with Crippen LogP contribution in [0.25, 0.3) is 0 Å². The normalized spacial score (nSPS) is 13.1. The first-order valence-electron chi connectivity index (χ1n) is 27.7. The van der Waals surface area contributed by atoms with Crippen LogP contribution in [0.2, 0.25) is 0 Å². The van der Waals surface area contributed by atoms with Crippen LogP contribution in [0.1, 0.15) is 226 Å². The van der Waals surface area contributed by atoms with E-state index in [1.54, 1.807) is 0 Å². The van der Waals surface area contributed by atoms with Crippen LogP contribution in [0, 0.1) is 0 Å². The molecule has 0 aliphatic carbocycles. The maximum atomic E-state index is 12.8. The monoisotopic (exact) mass is 953 g/mol. The van der Waals surface area contributed by atoms with E-state index in [0.717, 1.165) is 128 Å². The quantitative estimate of drug-likeness (QED) is 0.0262. The minimum absolute atomic E-state index is 0.124. The van der Waals surface area contributed by atoms with Crippen molar-refractivity contribution in [2.75, 3.05) is 13.2 Å². The van der Waals surface area contributed by atoms with Gasteiger partial charge in [-0.15, -0.1) is 0 Å². The highest BCUT2D eigenvalue weighted by molar-refractivity contribution is 5.71. The Hall–Kier alpha value is -4.45. The van der Waals surface area contributed by atoms with Gasteiger partial charge in [0.15, 0.2) is 6.10 Å². The second kappa shape index (κ2) is 56.1. The number of ether oxygens (including phenoxy) is 3. The molecule has 0 spiro atoms. The largest absolute Gasteiger partial charge is 0.462 e. The zero-order chi connectivity index (χ0) is 50.0. The van der Waals surface area contributed by atoms with Crippen LogP contribution >= 0.6 is 0 Å². The third-order valence-corrected chi connectivity index (χ3v) is 11.1. The van der Waals surface area contributed by atoms with Crippen LogP contribution in [0.3, 0.4) is 0 Å². The molecule has 0 aromatic rings. The number of carbonyl (C=O) groups excluding carboxylic acids is 3. The number of carbonyl (C=O) groups is 3. The van der Waals surface area contributed by atoms with Crippen LogP contribution < -0.4 is 0 Å². The van der Waals surface area contributed by atoms with E-state index in [1.165, 1.54) is 51.4 Å². The molecule has 0 saturated heterocycles. The average Bonchev–Trinajstić information content (AvgIpc) is 3.35. The summed E-state index contributed by atoms with van der Waals surface area (Å²) in [6.45, 7) is 6.36. The third kappa shape index (κ3) is 54.4. The number of allylic oxidation sites excluding steroid dienone is 22. The second-order valence-corrected chi connectivity index (χ2v) is 17.7. The molecule has 0 aromatic heterocycles. The number of hydrogen-bond donors (Lipinski definition) is 0. The van der Waals surface area contributed by atoms with Gasteiger partial charge < -0.3 is 14.2 Å². The smallest absolute Gasteiger partial charge is 0.306 e. The number of unbranched alkanes of at least 4 members (excludes halogenated alkanes) is 15. The Morgan fingerprint density at radius 3 is 0.971 bits per heavy atom. The summed E-state index contributed by atoms with van der Waals surface area (Å²) in [6, 6.07) is 0. The molecule has 0 aliphatic rings. The molecule has 0 N–H and O–H groups in total. The van der Waals surface area contributed by atoms with Crippen LogP contribution in [0.5, 0.6) is 0 Å². The summed E-state index contributed by atoms with van der Waals surface area (Å²) < 4.78 is 16.7. The molecule has 1 atom stereocenters. The van der Waals surface area contributed by atoms with E-state index in [0.29, 0.717) is 12.8 Å². The lowest BCUT2D eigenvalue weighted by atomic mass is 10.1. The van der Waals surface area contributed by atoms with E-state index < -0.39 is 6.10 Å². The van der Waals surface area contributed by atoms with Crippen LogP contribution in [-0.4, -0.2) is 37.2 Å². The fourth-order valence-corrected chi connectivity index (χ4v) is 6.97. The Kier molecular flexibility index (Phi) is 52.5. The van der Waals surface area contributed by atoms with Crippen LogP contribution in [0.4, 0.5) is 0 Å². The third-order valence-electron chi connectivity index (χ3n) is 11.1. The molecule has 388 valence electrons. The highest BCUT2D eigenvalue weighted by atomic mass is 16.6. The van der Waals surface area contributed by atoms with Gasteiger partial charge in [0.25, 0.3) is 0 Å². The maximum absolute atomic E-state index is 12.8. The van der Waals surface area contributed by atoms with E-state index in [4.69, 9.17) is 14.2 Å². The van der Waals surface area contributed by atoms with Crippen molar-refractivity contribution >= 4 is 17.9 Å². The summed E-state index contributed by atoms with van der Waals surface area (Å²) in [7, 11) is 0. The Bertz CT molecular complexity index is 1510. The molecule has 0 saturated carbocycles. The highest BCUT2D eigenvalue weighted by Crippen LogP contribution is 2.12. The Morgan fingerprint density at radius 1 is 0.304 bits per heavy atom. The van der Waals surface area contributed by atoms with Gasteiger partial charge in [-0.25, -0.2) is 0 Å². The molecule has 6 nitrogen and oxygen atoms in total. The molecule has 0 aliphatic heterocycles. The zero-order valence-corrected chi connectivity index (χ0v) is 44.3. The molecular weight excluding hydrogens is 853 g/mol. The fourth-order valence-electron chi connectivity index (χ4n) is 6.97. The van der Waals surface area contributed by atoms with Crippen molar-refractivity contribution in [1.29, 1.82) is 0 Å². The van der Waals surface area contributed by atoms with Crippen molar-refractivity contribution in [1.82, 2.24) is 0 Å². The summed E-state index contributed by atoms with van der Waals surface area (Å²) >= 11 is 0. The first kappa shape index (κ1) is 64.5. The van der Waals surface area contributed by atoms with Crippen LogP contribution in [0.15, 0.2) is 134 Å². The van der Waals surface area contributed by atoms with Gasteiger partial charge in [-0.3, -0.25) is 14.4 Å².